The highest BCUT2D eigenvalue weighted by Gasteiger charge is 2.51. The number of hydrogen-bond acceptors (Lipinski definition) is 4. The first kappa shape index (κ1) is 14.8. The number of benzene rings is 1. The Morgan fingerprint density at radius 2 is 1.68 bits per heavy atom. The average molecular weight is 279 g/mol. The Morgan fingerprint density at radius 3 is 2.16 bits per heavy atom. The van der Waals surface area contributed by atoms with E-state index in [0.29, 0.717) is 5.75 Å². The van der Waals surface area contributed by atoms with Crippen LogP contribution < -0.4 is 11.2 Å². The molecule has 1 aliphatic rings. The van der Waals surface area contributed by atoms with E-state index in [1.165, 1.54) is 0 Å². The predicted octanol–water partition coefficient (Wildman–Crippen LogP) is 2.31. The van der Waals surface area contributed by atoms with Gasteiger partial charge in [0.05, 0.1) is 11.2 Å². The van der Waals surface area contributed by atoms with Gasteiger partial charge in [0.25, 0.3) is 0 Å². The Hall–Kier alpha value is -0.645. The molecule has 1 fully saturated rings. The lowest BCUT2D eigenvalue weighted by Gasteiger charge is -2.32. The molecule has 0 radical (unpaired) electrons. The molecule has 1 aliphatic heterocycles. The first-order valence-electron chi connectivity index (χ1n) is 6.53. The van der Waals surface area contributed by atoms with Crippen LogP contribution >= 0.6 is 12.6 Å². The van der Waals surface area contributed by atoms with Gasteiger partial charge in [-0.2, -0.15) is 12.6 Å². The molecule has 3 nitrogen and oxygen atoms in total. The van der Waals surface area contributed by atoms with Crippen LogP contribution in [-0.4, -0.2) is 18.3 Å². The lowest BCUT2D eigenvalue weighted by Crippen LogP contribution is -2.41. The highest BCUT2D eigenvalue weighted by Crippen LogP contribution is 2.36. The molecule has 0 amide bonds. The fraction of sp³-hybridized carbons (Fsp3) is 0.571. The summed E-state index contributed by atoms with van der Waals surface area (Å²) in [7, 11) is -0.369. The molecule has 0 saturated carbocycles. The van der Waals surface area contributed by atoms with Crippen LogP contribution in [0.5, 0.6) is 0 Å². The van der Waals surface area contributed by atoms with Crippen LogP contribution in [-0.2, 0) is 15.1 Å². The van der Waals surface area contributed by atoms with Crippen molar-refractivity contribution in [1.29, 1.82) is 0 Å². The van der Waals surface area contributed by atoms with E-state index >= 15 is 0 Å². The molecular formula is C14H22BNO2S. The monoisotopic (exact) mass is 279 g/mol. The highest BCUT2D eigenvalue weighted by atomic mass is 32.1. The number of thiol groups is 1. The first-order valence-corrected chi connectivity index (χ1v) is 7.16. The standard InChI is InChI=1S/C14H22BNO2S/c1-9-10(8-19)6-11(7-12(9)16)15-17-13(2,3)14(4,5)18-15/h6-7,19H,8,16H2,1-5H3. The average Bonchev–Trinajstić information content (AvgIpc) is 2.52. The van der Waals surface area contributed by atoms with Crippen molar-refractivity contribution in [2.24, 2.45) is 0 Å². The van der Waals surface area contributed by atoms with E-state index in [1.807, 2.05) is 40.7 Å². The molecule has 0 unspecified atom stereocenters. The fourth-order valence-corrected chi connectivity index (χ4v) is 2.43. The maximum Gasteiger partial charge on any atom is 0.494 e. The van der Waals surface area contributed by atoms with E-state index < -0.39 is 0 Å². The minimum atomic E-state index is -0.369. The summed E-state index contributed by atoms with van der Waals surface area (Å²) in [5.41, 5.74) is 9.31. The Labute approximate surface area is 121 Å². The molecule has 19 heavy (non-hydrogen) atoms. The van der Waals surface area contributed by atoms with Gasteiger partial charge >= 0.3 is 7.12 Å². The van der Waals surface area contributed by atoms with E-state index in [1.54, 1.807) is 0 Å². The quantitative estimate of drug-likeness (QED) is 0.496. The Balaban J connectivity index is 2.37. The summed E-state index contributed by atoms with van der Waals surface area (Å²) in [5.74, 6) is 0.656. The zero-order valence-electron chi connectivity index (χ0n) is 12.3. The molecule has 0 bridgehead atoms. The van der Waals surface area contributed by atoms with E-state index in [2.05, 4.69) is 18.7 Å². The maximum absolute atomic E-state index is 6.05. The molecule has 1 saturated heterocycles. The predicted molar refractivity (Wildman–Crippen MR) is 84.0 cm³/mol. The molecule has 104 valence electrons. The second-order valence-electron chi connectivity index (χ2n) is 6.14. The molecule has 0 aliphatic carbocycles. The van der Waals surface area contributed by atoms with Gasteiger partial charge in [0.15, 0.2) is 0 Å². The van der Waals surface area contributed by atoms with Crippen molar-refractivity contribution < 1.29 is 9.31 Å². The third-order valence-corrected chi connectivity index (χ3v) is 4.61. The van der Waals surface area contributed by atoms with Gasteiger partial charge in [-0.15, -0.1) is 0 Å². The lowest BCUT2D eigenvalue weighted by molar-refractivity contribution is 0.00578. The summed E-state index contributed by atoms with van der Waals surface area (Å²) in [6.45, 7) is 10.2. The van der Waals surface area contributed by atoms with Gasteiger partial charge in [-0.1, -0.05) is 6.07 Å². The van der Waals surface area contributed by atoms with E-state index in [-0.39, 0.29) is 18.3 Å². The van der Waals surface area contributed by atoms with Crippen molar-refractivity contribution in [2.45, 2.75) is 51.6 Å². The van der Waals surface area contributed by atoms with Gasteiger partial charge in [-0.05, 0) is 57.3 Å². The minimum absolute atomic E-state index is 0.335. The number of nitrogen functional groups attached to an aromatic ring is 1. The normalized spacial score (nSPS) is 20.8. The minimum Gasteiger partial charge on any atom is -0.399 e. The maximum atomic E-state index is 6.05. The number of nitrogens with two attached hydrogens (primary N) is 1. The molecule has 2 rings (SSSR count). The van der Waals surface area contributed by atoms with Gasteiger partial charge in [-0.3, -0.25) is 0 Å². The molecule has 0 spiro atoms. The summed E-state index contributed by atoms with van der Waals surface area (Å²) in [6.07, 6.45) is 0. The molecule has 1 aromatic rings. The molecule has 1 aromatic carbocycles. The van der Waals surface area contributed by atoms with Crippen LogP contribution in [0.15, 0.2) is 12.1 Å². The topological polar surface area (TPSA) is 44.5 Å². The second-order valence-corrected chi connectivity index (χ2v) is 6.46. The molecular weight excluding hydrogens is 257 g/mol. The molecule has 2 N–H and O–H groups in total. The Bertz CT molecular complexity index is 486. The third kappa shape index (κ3) is 2.51. The van der Waals surface area contributed by atoms with E-state index in [0.717, 1.165) is 22.3 Å². The van der Waals surface area contributed by atoms with Crippen molar-refractivity contribution in [2.75, 3.05) is 5.73 Å². The van der Waals surface area contributed by atoms with Crippen molar-refractivity contribution in [3.63, 3.8) is 0 Å². The molecule has 0 aromatic heterocycles. The smallest absolute Gasteiger partial charge is 0.399 e. The van der Waals surface area contributed by atoms with Crippen LogP contribution in [0.2, 0.25) is 0 Å². The van der Waals surface area contributed by atoms with Crippen molar-refractivity contribution >= 4 is 30.9 Å². The van der Waals surface area contributed by atoms with Crippen molar-refractivity contribution in [1.82, 2.24) is 0 Å². The van der Waals surface area contributed by atoms with E-state index in [9.17, 15) is 0 Å². The second kappa shape index (κ2) is 4.72. The number of rotatable bonds is 2. The molecule has 5 heteroatoms. The summed E-state index contributed by atoms with van der Waals surface area (Å²) < 4.78 is 12.1. The Kier molecular flexibility index (Phi) is 3.67. The number of hydrogen-bond donors (Lipinski definition) is 2. The summed E-state index contributed by atoms with van der Waals surface area (Å²) in [4.78, 5) is 0. The fourth-order valence-electron chi connectivity index (χ4n) is 2.10. The molecule has 1 heterocycles. The van der Waals surface area contributed by atoms with Crippen LogP contribution in [0, 0.1) is 6.92 Å². The third-order valence-electron chi connectivity index (χ3n) is 4.27. The van der Waals surface area contributed by atoms with Gasteiger partial charge in [0.1, 0.15) is 0 Å². The van der Waals surface area contributed by atoms with Gasteiger partial charge in [0, 0.05) is 11.4 Å². The lowest BCUT2D eigenvalue weighted by atomic mass is 9.77. The largest absolute Gasteiger partial charge is 0.494 e. The van der Waals surface area contributed by atoms with Crippen molar-refractivity contribution in [3.8, 4) is 0 Å². The SMILES string of the molecule is Cc1c(N)cc(B2OC(C)(C)C(C)(C)O2)cc1CS. The summed E-state index contributed by atoms with van der Waals surface area (Å²) in [6, 6.07) is 4.01. The zero-order valence-corrected chi connectivity index (χ0v) is 13.2. The van der Waals surface area contributed by atoms with Crippen LogP contribution in [0.4, 0.5) is 5.69 Å². The zero-order chi connectivity index (χ0) is 14.4. The van der Waals surface area contributed by atoms with Gasteiger partial charge < -0.3 is 15.0 Å². The highest BCUT2D eigenvalue weighted by molar-refractivity contribution is 7.79. The van der Waals surface area contributed by atoms with E-state index in [4.69, 9.17) is 15.0 Å². The molecule has 0 atom stereocenters. The number of anilines is 1. The van der Waals surface area contributed by atoms with Crippen LogP contribution in [0.3, 0.4) is 0 Å². The van der Waals surface area contributed by atoms with Crippen molar-refractivity contribution in [3.05, 3.63) is 23.3 Å². The Morgan fingerprint density at radius 1 is 1.16 bits per heavy atom. The first-order chi connectivity index (χ1) is 8.68. The summed E-state index contributed by atoms with van der Waals surface area (Å²) in [5, 5.41) is 0. The summed E-state index contributed by atoms with van der Waals surface area (Å²) >= 11 is 4.35. The van der Waals surface area contributed by atoms with Gasteiger partial charge in [0.2, 0.25) is 0 Å². The van der Waals surface area contributed by atoms with Gasteiger partial charge in [-0.25, -0.2) is 0 Å². The van der Waals surface area contributed by atoms with Crippen LogP contribution in [0.1, 0.15) is 38.8 Å². The van der Waals surface area contributed by atoms with Crippen LogP contribution in [0.25, 0.3) is 0 Å².